The average Bonchev–Trinajstić information content (AvgIpc) is 2.43. The van der Waals surface area contributed by atoms with Gasteiger partial charge in [0, 0.05) is 0 Å². The molecule has 110 valence electrons. The van der Waals surface area contributed by atoms with Crippen LogP contribution in [0.2, 0.25) is 5.02 Å². The summed E-state index contributed by atoms with van der Waals surface area (Å²) in [4.78, 5) is 0. The maximum atomic E-state index is 6.28. The molecule has 2 aromatic rings. The summed E-state index contributed by atoms with van der Waals surface area (Å²) in [5.74, 6) is 0. The van der Waals surface area contributed by atoms with Crippen LogP contribution in [-0.2, 0) is 0 Å². The summed E-state index contributed by atoms with van der Waals surface area (Å²) in [6, 6.07) is 14.3. The third kappa shape index (κ3) is 4.19. The van der Waals surface area contributed by atoms with Crippen LogP contribution in [0.25, 0.3) is 0 Å². The summed E-state index contributed by atoms with van der Waals surface area (Å²) in [6.45, 7) is 6.12. The fourth-order valence-corrected chi connectivity index (χ4v) is 2.89. The van der Waals surface area contributed by atoms with E-state index in [1.54, 1.807) is 0 Å². The Labute approximate surface area is 136 Å². The SMILES string of the molecule is Cc1cc(C)c(NC(=S)NC(C)c2ccccc2)c(Cl)c1. The molecule has 0 heterocycles. The Morgan fingerprint density at radius 2 is 1.81 bits per heavy atom. The topological polar surface area (TPSA) is 24.1 Å². The third-order valence-electron chi connectivity index (χ3n) is 3.32. The molecule has 1 atom stereocenters. The van der Waals surface area contributed by atoms with Crippen LogP contribution < -0.4 is 10.6 Å². The standard InChI is InChI=1S/C17H19ClN2S/c1-11-9-12(2)16(15(18)10-11)20-17(21)19-13(3)14-7-5-4-6-8-14/h4-10,13H,1-3H3,(H2,19,20,21). The zero-order chi connectivity index (χ0) is 15.4. The van der Waals surface area contributed by atoms with Crippen molar-refractivity contribution in [3.05, 3.63) is 64.2 Å². The van der Waals surface area contributed by atoms with Gasteiger partial charge in [0.2, 0.25) is 0 Å². The van der Waals surface area contributed by atoms with Gasteiger partial charge in [0.15, 0.2) is 5.11 Å². The summed E-state index contributed by atoms with van der Waals surface area (Å²) in [5.41, 5.74) is 4.27. The second kappa shape index (κ2) is 6.92. The van der Waals surface area contributed by atoms with Crippen molar-refractivity contribution in [2.24, 2.45) is 0 Å². The molecule has 4 heteroatoms. The molecule has 0 aliphatic carbocycles. The molecular weight excluding hydrogens is 300 g/mol. The Hall–Kier alpha value is -1.58. The number of hydrogen-bond acceptors (Lipinski definition) is 1. The predicted octanol–water partition coefficient (Wildman–Crippen LogP) is 5.00. The van der Waals surface area contributed by atoms with Crippen LogP contribution in [0.15, 0.2) is 42.5 Å². The van der Waals surface area contributed by atoms with Gasteiger partial charge >= 0.3 is 0 Å². The molecule has 0 aromatic heterocycles. The molecule has 0 spiro atoms. The van der Waals surface area contributed by atoms with Crippen molar-refractivity contribution in [3.63, 3.8) is 0 Å². The van der Waals surface area contributed by atoms with Crippen LogP contribution in [0.1, 0.15) is 29.7 Å². The first kappa shape index (κ1) is 15.8. The van der Waals surface area contributed by atoms with Crippen molar-refractivity contribution in [1.29, 1.82) is 0 Å². The molecule has 2 rings (SSSR count). The highest BCUT2D eigenvalue weighted by Gasteiger charge is 2.10. The van der Waals surface area contributed by atoms with Gasteiger partial charge in [-0.2, -0.15) is 0 Å². The summed E-state index contributed by atoms with van der Waals surface area (Å²) < 4.78 is 0. The Bertz CT molecular complexity index is 617. The van der Waals surface area contributed by atoms with Gasteiger partial charge in [0.1, 0.15) is 0 Å². The Morgan fingerprint density at radius 3 is 2.43 bits per heavy atom. The van der Waals surface area contributed by atoms with Crippen LogP contribution in [-0.4, -0.2) is 5.11 Å². The van der Waals surface area contributed by atoms with E-state index in [1.807, 2.05) is 38.1 Å². The monoisotopic (exact) mass is 318 g/mol. The molecule has 0 fully saturated rings. The van der Waals surface area contributed by atoms with Crippen molar-refractivity contribution in [2.45, 2.75) is 26.8 Å². The van der Waals surface area contributed by atoms with Gasteiger partial charge in [-0.05, 0) is 55.7 Å². The number of anilines is 1. The molecule has 2 aromatic carbocycles. The number of nitrogens with one attached hydrogen (secondary N) is 2. The van der Waals surface area contributed by atoms with Gasteiger partial charge in [-0.3, -0.25) is 0 Å². The van der Waals surface area contributed by atoms with E-state index in [4.69, 9.17) is 23.8 Å². The first-order valence-corrected chi connectivity index (χ1v) is 7.65. The second-order valence-electron chi connectivity index (χ2n) is 5.17. The molecule has 0 saturated heterocycles. The molecule has 1 unspecified atom stereocenters. The molecule has 0 aliphatic rings. The number of rotatable bonds is 3. The minimum atomic E-state index is 0.135. The highest BCUT2D eigenvalue weighted by Crippen LogP contribution is 2.27. The van der Waals surface area contributed by atoms with Gasteiger partial charge in [-0.1, -0.05) is 48.0 Å². The number of thiocarbonyl (C=S) groups is 1. The lowest BCUT2D eigenvalue weighted by Gasteiger charge is -2.19. The highest BCUT2D eigenvalue weighted by atomic mass is 35.5. The highest BCUT2D eigenvalue weighted by molar-refractivity contribution is 7.80. The van der Waals surface area contributed by atoms with Gasteiger partial charge in [0.25, 0.3) is 0 Å². The largest absolute Gasteiger partial charge is 0.356 e. The number of aryl methyl sites for hydroxylation is 2. The zero-order valence-electron chi connectivity index (χ0n) is 12.4. The molecule has 0 amide bonds. The number of hydrogen-bond donors (Lipinski definition) is 2. The van der Waals surface area contributed by atoms with E-state index in [9.17, 15) is 0 Å². The Morgan fingerprint density at radius 1 is 1.14 bits per heavy atom. The van der Waals surface area contributed by atoms with Crippen molar-refractivity contribution in [3.8, 4) is 0 Å². The van der Waals surface area contributed by atoms with Gasteiger partial charge in [-0.25, -0.2) is 0 Å². The fraction of sp³-hybridized carbons (Fsp3) is 0.235. The maximum Gasteiger partial charge on any atom is 0.171 e. The first-order chi connectivity index (χ1) is 9.97. The summed E-state index contributed by atoms with van der Waals surface area (Å²) in [6.07, 6.45) is 0. The summed E-state index contributed by atoms with van der Waals surface area (Å²) >= 11 is 11.7. The molecule has 2 N–H and O–H groups in total. The molecule has 0 bridgehead atoms. The zero-order valence-corrected chi connectivity index (χ0v) is 14.0. The minimum Gasteiger partial charge on any atom is -0.356 e. The third-order valence-corrected chi connectivity index (χ3v) is 3.84. The minimum absolute atomic E-state index is 0.135. The van der Waals surface area contributed by atoms with E-state index < -0.39 is 0 Å². The smallest absolute Gasteiger partial charge is 0.171 e. The van der Waals surface area contributed by atoms with E-state index in [2.05, 4.69) is 35.8 Å². The first-order valence-electron chi connectivity index (χ1n) is 6.86. The van der Waals surface area contributed by atoms with Crippen molar-refractivity contribution < 1.29 is 0 Å². The van der Waals surface area contributed by atoms with Gasteiger partial charge in [0.05, 0.1) is 16.8 Å². The fourth-order valence-electron chi connectivity index (χ4n) is 2.25. The Kier molecular flexibility index (Phi) is 5.21. The summed E-state index contributed by atoms with van der Waals surface area (Å²) in [5, 5.41) is 7.72. The van der Waals surface area contributed by atoms with Crippen molar-refractivity contribution >= 4 is 34.6 Å². The van der Waals surface area contributed by atoms with Crippen LogP contribution in [0, 0.1) is 13.8 Å². The molecule has 21 heavy (non-hydrogen) atoms. The van der Waals surface area contributed by atoms with Gasteiger partial charge in [-0.15, -0.1) is 0 Å². The van der Waals surface area contributed by atoms with Gasteiger partial charge < -0.3 is 10.6 Å². The van der Waals surface area contributed by atoms with E-state index in [0.29, 0.717) is 10.1 Å². The molecular formula is C17H19ClN2S. The van der Waals surface area contributed by atoms with E-state index >= 15 is 0 Å². The number of benzene rings is 2. The van der Waals surface area contributed by atoms with Crippen LogP contribution in [0.5, 0.6) is 0 Å². The Balaban J connectivity index is 2.06. The lowest BCUT2D eigenvalue weighted by molar-refractivity contribution is 0.722. The number of halogens is 1. The summed E-state index contributed by atoms with van der Waals surface area (Å²) in [7, 11) is 0. The molecule has 0 radical (unpaired) electrons. The van der Waals surface area contributed by atoms with Crippen LogP contribution in [0.3, 0.4) is 0 Å². The van der Waals surface area contributed by atoms with Crippen LogP contribution >= 0.6 is 23.8 Å². The predicted molar refractivity (Wildman–Crippen MR) is 95.1 cm³/mol. The van der Waals surface area contributed by atoms with E-state index in [0.717, 1.165) is 16.8 Å². The molecule has 2 nitrogen and oxygen atoms in total. The normalized spacial score (nSPS) is 11.8. The maximum absolute atomic E-state index is 6.28. The van der Waals surface area contributed by atoms with Crippen LogP contribution in [0.4, 0.5) is 5.69 Å². The molecule has 0 saturated carbocycles. The lowest BCUT2D eigenvalue weighted by Crippen LogP contribution is -2.31. The van der Waals surface area contributed by atoms with Crippen molar-refractivity contribution in [1.82, 2.24) is 5.32 Å². The lowest BCUT2D eigenvalue weighted by atomic mass is 10.1. The van der Waals surface area contributed by atoms with E-state index in [1.165, 1.54) is 5.56 Å². The van der Waals surface area contributed by atoms with Crippen molar-refractivity contribution in [2.75, 3.05) is 5.32 Å². The quantitative estimate of drug-likeness (QED) is 0.778. The van der Waals surface area contributed by atoms with E-state index in [-0.39, 0.29) is 6.04 Å². The average molecular weight is 319 g/mol. The molecule has 0 aliphatic heterocycles. The second-order valence-corrected chi connectivity index (χ2v) is 5.98.